The molecule has 0 unspecified atom stereocenters. The highest BCUT2D eigenvalue weighted by atomic mass is 19.3. The van der Waals surface area contributed by atoms with Crippen LogP contribution in [0.2, 0.25) is 0 Å². The van der Waals surface area contributed by atoms with Crippen LogP contribution in [-0.2, 0) is 6.42 Å². The first kappa shape index (κ1) is 23.0. The van der Waals surface area contributed by atoms with Crippen molar-refractivity contribution in [3.05, 3.63) is 41.6 Å². The number of amides is 1. The van der Waals surface area contributed by atoms with E-state index in [9.17, 15) is 13.6 Å². The number of methoxy groups -OCH3 is 4. The minimum atomic E-state index is -2.96. The zero-order valence-corrected chi connectivity index (χ0v) is 18.1. The molecular weight excluding hydrogens is 426 g/mol. The number of ether oxygens (including phenoxy) is 5. The minimum absolute atomic E-state index is 0.0601. The number of rotatable bonds is 10. The van der Waals surface area contributed by atoms with Crippen molar-refractivity contribution in [2.45, 2.75) is 13.0 Å². The van der Waals surface area contributed by atoms with Crippen molar-refractivity contribution in [1.82, 2.24) is 10.3 Å². The molecule has 0 saturated carbocycles. The molecule has 0 radical (unpaired) electrons. The van der Waals surface area contributed by atoms with Crippen molar-refractivity contribution >= 4 is 16.8 Å². The average Bonchev–Trinajstić information content (AvgIpc) is 3.23. The van der Waals surface area contributed by atoms with E-state index >= 15 is 0 Å². The Morgan fingerprint density at radius 2 is 1.66 bits per heavy atom. The molecule has 0 saturated heterocycles. The number of nitrogens with one attached hydrogen (secondary N) is 2. The summed E-state index contributed by atoms with van der Waals surface area (Å²) >= 11 is 0. The fourth-order valence-electron chi connectivity index (χ4n) is 3.34. The number of aromatic nitrogens is 1. The number of aromatic amines is 1. The molecule has 1 amide bonds. The van der Waals surface area contributed by atoms with E-state index in [0.717, 1.165) is 0 Å². The van der Waals surface area contributed by atoms with Gasteiger partial charge in [0.05, 0.1) is 34.0 Å². The quantitative estimate of drug-likeness (QED) is 0.489. The van der Waals surface area contributed by atoms with Crippen molar-refractivity contribution in [3.63, 3.8) is 0 Å². The molecule has 0 aliphatic rings. The van der Waals surface area contributed by atoms with Gasteiger partial charge in [-0.1, -0.05) is 6.07 Å². The van der Waals surface area contributed by atoms with Crippen LogP contribution in [0.15, 0.2) is 30.3 Å². The van der Waals surface area contributed by atoms with E-state index in [4.69, 9.17) is 18.9 Å². The third kappa shape index (κ3) is 4.79. The highest BCUT2D eigenvalue weighted by molar-refractivity contribution is 6.02. The van der Waals surface area contributed by atoms with Crippen molar-refractivity contribution in [3.8, 4) is 28.7 Å². The Bertz CT molecular complexity index is 1100. The van der Waals surface area contributed by atoms with Crippen LogP contribution in [0.4, 0.5) is 8.78 Å². The minimum Gasteiger partial charge on any atom is -0.496 e. The van der Waals surface area contributed by atoms with Crippen LogP contribution < -0.4 is 29.0 Å². The molecule has 1 heterocycles. The lowest BCUT2D eigenvalue weighted by Gasteiger charge is -2.11. The first-order valence-corrected chi connectivity index (χ1v) is 9.63. The second kappa shape index (κ2) is 10.1. The van der Waals surface area contributed by atoms with Gasteiger partial charge in [0.2, 0.25) is 0 Å². The van der Waals surface area contributed by atoms with Gasteiger partial charge in [-0.2, -0.15) is 8.78 Å². The molecular formula is C22H24F2N2O6. The molecule has 10 heteroatoms. The number of carbonyl (C=O) groups excluding carboxylic acids is 1. The van der Waals surface area contributed by atoms with Crippen LogP contribution in [-0.4, -0.2) is 52.5 Å². The molecule has 0 spiro atoms. The number of H-pyrrole nitrogens is 1. The van der Waals surface area contributed by atoms with E-state index in [1.165, 1.54) is 34.5 Å². The SMILES string of the molecule is COc1ccc(CCNC(=O)c2cc3c(OC)cc(OC)c(OC)c3[nH]2)cc1OC(F)F. The molecule has 172 valence electrons. The molecule has 1 aromatic heterocycles. The monoisotopic (exact) mass is 450 g/mol. The Labute approximate surface area is 183 Å². The molecule has 0 atom stereocenters. The zero-order chi connectivity index (χ0) is 23.3. The van der Waals surface area contributed by atoms with Crippen molar-refractivity contribution in [2.24, 2.45) is 0 Å². The van der Waals surface area contributed by atoms with E-state index in [2.05, 4.69) is 15.0 Å². The van der Waals surface area contributed by atoms with Crippen molar-refractivity contribution in [2.75, 3.05) is 35.0 Å². The smallest absolute Gasteiger partial charge is 0.387 e. The summed E-state index contributed by atoms with van der Waals surface area (Å²) < 4.78 is 50.8. The first-order chi connectivity index (χ1) is 15.4. The topological polar surface area (TPSA) is 91.0 Å². The molecule has 2 N–H and O–H groups in total. The van der Waals surface area contributed by atoms with Gasteiger partial charge in [0.15, 0.2) is 23.0 Å². The van der Waals surface area contributed by atoms with Crippen LogP contribution in [0.25, 0.3) is 10.9 Å². The van der Waals surface area contributed by atoms with Crippen LogP contribution in [0.3, 0.4) is 0 Å². The Balaban J connectivity index is 1.74. The molecule has 0 aliphatic heterocycles. The number of halogens is 2. The Kier molecular flexibility index (Phi) is 7.24. The predicted octanol–water partition coefficient (Wildman–Crippen LogP) is 3.78. The molecule has 0 aliphatic carbocycles. The van der Waals surface area contributed by atoms with Crippen LogP contribution in [0, 0.1) is 0 Å². The lowest BCUT2D eigenvalue weighted by Crippen LogP contribution is -2.25. The predicted molar refractivity (Wildman–Crippen MR) is 114 cm³/mol. The summed E-state index contributed by atoms with van der Waals surface area (Å²) in [4.78, 5) is 15.7. The summed E-state index contributed by atoms with van der Waals surface area (Å²) in [6.45, 7) is -2.69. The van der Waals surface area contributed by atoms with E-state index in [0.29, 0.717) is 45.8 Å². The van der Waals surface area contributed by atoms with E-state index < -0.39 is 6.61 Å². The number of carbonyl (C=O) groups is 1. The maximum Gasteiger partial charge on any atom is 0.387 e. The van der Waals surface area contributed by atoms with Gasteiger partial charge in [0.1, 0.15) is 11.4 Å². The second-order valence-electron chi connectivity index (χ2n) is 6.66. The number of benzene rings is 2. The summed E-state index contributed by atoms with van der Waals surface area (Å²) in [5.74, 6) is 1.24. The normalized spacial score (nSPS) is 10.8. The van der Waals surface area contributed by atoms with Gasteiger partial charge in [-0.15, -0.1) is 0 Å². The van der Waals surface area contributed by atoms with Gasteiger partial charge in [-0.3, -0.25) is 4.79 Å². The van der Waals surface area contributed by atoms with Crippen molar-refractivity contribution in [1.29, 1.82) is 0 Å². The Hall–Kier alpha value is -3.69. The first-order valence-electron chi connectivity index (χ1n) is 9.63. The van der Waals surface area contributed by atoms with Crippen molar-refractivity contribution < 1.29 is 37.3 Å². The molecule has 8 nitrogen and oxygen atoms in total. The molecule has 32 heavy (non-hydrogen) atoms. The van der Waals surface area contributed by atoms with Crippen LogP contribution >= 0.6 is 0 Å². The molecule has 0 fully saturated rings. The standard InChI is InChI=1S/C22H24F2N2O6/c1-28-15-6-5-12(9-17(15)32-22(23)24)7-8-25-21(27)14-10-13-16(29-2)11-18(30-3)20(31-4)19(13)26-14/h5-6,9-11,22,26H,7-8H2,1-4H3,(H,25,27). The van der Waals surface area contributed by atoms with Crippen LogP contribution in [0.1, 0.15) is 16.1 Å². The summed E-state index contributed by atoms with van der Waals surface area (Å²) in [7, 11) is 5.91. The van der Waals surface area contributed by atoms with Gasteiger partial charge in [-0.05, 0) is 30.2 Å². The number of hydrogen-bond donors (Lipinski definition) is 2. The van der Waals surface area contributed by atoms with Gasteiger partial charge in [-0.25, -0.2) is 0 Å². The molecule has 0 bridgehead atoms. The Morgan fingerprint density at radius 1 is 0.938 bits per heavy atom. The Morgan fingerprint density at radius 3 is 2.28 bits per heavy atom. The second-order valence-corrected chi connectivity index (χ2v) is 6.66. The highest BCUT2D eigenvalue weighted by Crippen LogP contribution is 2.41. The summed E-state index contributed by atoms with van der Waals surface area (Å²) in [5.41, 5.74) is 1.57. The zero-order valence-electron chi connectivity index (χ0n) is 18.1. The van der Waals surface area contributed by atoms with Gasteiger partial charge in [0.25, 0.3) is 5.91 Å². The van der Waals surface area contributed by atoms with Gasteiger partial charge < -0.3 is 34.0 Å². The molecule has 3 rings (SSSR count). The maximum atomic E-state index is 12.7. The lowest BCUT2D eigenvalue weighted by atomic mass is 10.1. The fraction of sp³-hybridized carbons (Fsp3) is 0.318. The van der Waals surface area contributed by atoms with Gasteiger partial charge in [0, 0.05) is 18.0 Å². The summed E-state index contributed by atoms with van der Waals surface area (Å²) in [6, 6.07) is 8.06. The van der Waals surface area contributed by atoms with Gasteiger partial charge >= 0.3 is 6.61 Å². The number of alkyl halides is 2. The average molecular weight is 450 g/mol. The lowest BCUT2D eigenvalue weighted by molar-refractivity contribution is -0.0512. The number of hydrogen-bond acceptors (Lipinski definition) is 6. The fourth-order valence-corrected chi connectivity index (χ4v) is 3.34. The molecule has 3 aromatic rings. The molecule has 2 aromatic carbocycles. The summed E-state index contributed by atoms with van der Waals surface area (Å²) in [6.07, 6.45) is 0.399. The third-order valence-corrected chi connectivity index (χ3v) is 4.83. The van der Waals surface area contributed by atoms with E-state index in [-0.39, 0.29) is 24.0 Å². The largest absolute Gasteiger partial charge is 0.496 e. The van der Waals surface area contributed by atoms with E-state index in [1.54, 1.807) is 24.3 Å². The third-order valence-electron chi connectivity index (χ3n) is 4.83. The number of fused-ring (bicyclic) bond motifs is 1. The van der Waals surface area contributed by atoms with E-state index in [1.807, 2.05) is 0 Å². The highest BCUT2D eigenvalue weighted by Gasteiger charge is 2.19. The summed E-state index contributed by atoms with van der Waals surface area (Å²) in [5, 5.41) is 3.46. The maximum absolute atomic E-state index is 12.7. The van der Waals surface area contributed by atoms with Crippen LogP contribution in [0.5, 0.6) is 28.7 Å².